The van der Waals surface area contributed by atoms with Crippen LogP contribution in [0.4, 0.5) is 0 Å². The average molecular weight is 626 g/mol. The molecule has 9 rings (SSSR count). The predicted molar refractivity (Wildman–Crippen MR) is 191 cm³/mol. The smallest absolute Gasteiger partial charge is 0.206 e. The number of hydrogen-bond acceptors (Lipinski definition) is 3. The van der Waals surface area contributed by atoms with Crippen molar-refractivity contribution in [3.8, 4) is 11.8 Å². The normalized spacial score (nSPS) is 12.7. The van der Waals surface area contributed by atoms with Crippen molar-refractivity contribution < 1.29 is 8.42 Å². The Hall–Kier alpha value is -5.90. The fourth-order valence-electron chi connectivity index (χ4n) is 7.64. The Morgan fingerprint density at radius 3 is 1.81 bits per heavy atom. The minimum atomic E-state index is -3.77. The second kappa shape index (κ2) is 9.80. The van der Waals surface area contributed by atoms with Crippen molar-refractivity contribution >= 4 is 75.7 Å². The van der Waals surface area contributed by atoms with Crippen LogP contribution in [0.2, 0.25) is 0 Å². The summed E-state index contributed by atoms with van der Waals surface area (Å²) >= 11 is 0. The van der Waals surface area contributed by atoms with Gasteiger partial charge in [0.25, 0.3) is 0 Å². The molecule has 0 saturated heterocycles. The van der Waals surface area contributed by atoms with E-state index in [4.69, 9.17) is 5.26 Å². The summed E-state index contributed by atoms with van der Waals surface area (Å²) in [5.41, 5.74) is 7.09. The average Bonchev–Trinajstić information content (AvgIpc) is 3.62. The first-order chi connectivity index (χ1) is 22.9. The van der Waals surface area contributed by atoms with E-state index in [-0.39, 0.29) is 9.79 Å². The van der Waals surface area contributed by atoms with Gasteiger partial charge in [-0.05, 0) is 85.5 Å². The number of para-hydroxylation sites is 2. The number of aryl methyl sites for hydroxylation is 1. The molecule has 0 bridgehead atoms. The third kappa shape index (κ3) is 3.60. The lowest BCUT2D eigenvalue weighted by Gasteiger charge is -2.12. The largest absolute Gasteiger partial charge is 0.309 e. The van der Waals surface area contributed by atoms with Gasteiger partial charge in [0.15, 0.2) is 0 Å². The molecular formula is C41H27N3O2S. The number of hydrogen-bond donors (Lipinski definition) is 0. The molecule has 0 aliphatic heterocycles. The van der Waals surface area contributed by atoms with Crippen LogP contribution in [0.1, 0.15) is 18.1 Å². The van der Waals surface area contributed by atoms with Gasteiger partial charge >= 0.3 is 0 Å². The molecule has 0 fully saturated rings. The third-order valence-electron chi connectivity index (χ3n) is 9.67. The van der Waals surface area contributed by atoms with Gasteiger partial charge in [0, 0.05) is 38.0 Å². The molecule has 0 unspecified atom stereocenters. The van der Waals surface area contributed by atoms with Crippen LogP contribution in [0.5, 0.6) is 0 Å². The summed E-state index contributed by atoms with van der Waals surface area (Å²) in [6.07, 6.45) is 2.17. The molecular weight excluding hydrogens is 599 g/mol. The van der Waals surface area contributed by atoms with Gasteiger partial charge in [-0.2, -0.15) is 5.26 Å². The van der Waals surface area contributed by atoms with Gasteiger partial charge in [0.05, 0.1) is 48.8 Å². The molecule has 0 atom stereocenters. The Morgan fingerprint density at radius 2 is 1.17 bits per heavy atom. The van der Waals surface area contributed by atoms with Crippen LogP contribution in [0.15, 0.2) is 131 Å². The summed E-state index contributed by atoms with van der Waals surface area (Å²) in [6, 6.07) is 41.2. The van der Waals surface area contributed by atoms with Crippen molar-refractivity contribution in [2.45, 2.75) is 23.6 Å². The Labute approximate surface area is 270 Å². The standard InChI is InChI=1S/C41H27N3O2S/c1-3-34-37-25(2)30-10-6-8-14-35(30)44-36-15-9-7-13-33(36)38-31-11-4-5-12-32(31)40(39(37)41(38)44)43(34)27-18-22-29(23-19-27)47(45,46)28-20-16-26(24-42)17-21-28/h3-23H,1-2H3/b34-3+. The lowest BCUT2D eigenvalue weighted by Crippen LogP contribution is -2.15. The van der Waals surface area contributed by atoms with Crippen molar-refractivity contribution in [2.24, 2.45) is 0 Å². The molecule has 0 radical (unpaired) electrons. The Morgan fingerprint density at radius 1 is 0.617 bits per heavy atom. The zero-order chi connectivity index (χ0) is 32.0. The second-order valence-electron chi connectivity index (χ2n) is 12.0. The molecule has 224 valence electrons. The summed E-state index contributed by atoms with van der Waals surface area (Å²) in [5.74, 6) is 0. The summed E-state index contributed by atoms with van der Waals surface area (Å²) in [5, 5.41) is 18.5. The van der Waals surface area contributed by atoms with Gasteiger partial charge in [-0.1, -0.05) is 66.7 Å². The molecule has 3 aromatic heterocycles. The van der Waals surface area contributed by atoms with E-state index < -0.39 is 9.84 Å². The van der Waals surface area contributed by atoms with Crippen molar-refractivity contribution in [3.63, 3.8) is 0 Å². The summed E-state index contributed by atoms with van der Waals surface area (Å²) in [6.45, 7) is 4.29. The Balaban J connectivity index is 1.45. The lowest BCUT2D eigenvalue weighted by atomic mass is 9.98. The maximum atomic E-state index is 13.6. The Kier molecular flexibility index (Phi) is 5.71. The topological polar surface area (TPSA) is 67.3 Å². The van der Waals surface area contributed by atoms with Crippen LogP contribution < -0.4 is 5.35 Å². The van der Waals surface area contributed by atoms with E-state index in [2.05, 4.69) is 102 Å². The van der Waals surface area contributed by atoms with Gasteiger partial charge in [-0.3, -0.25) is 0 Å². The van der Waals surface area contributed by atoms with Crippen LogP contribution in [0.25, 0.3) is 71.5 Å². The molecule has 0 saturated carbocycles. The number of nitriles is 1. The first-order valence-corrected chi connectivity index (χ1v) is 17.0. The SMILES string of the molecule is C/C=c1\c2c(C)c3ccccc3n3c4ccccc4c4c5ccccc5c(c2c43)n1-c1ccc(S(=O)(=O)c2ccc(C#N)cc2)cc1. The molecule has 47 heavy (non-hydrogen) atoms. The van der Waals surface area contributed by atoms with E-state index >= 15 is 0 Å². The zero-order valence-corrected chi connectivity index (χ0v) is 26.5. The second-order valence-corrected chi connectivity index (χ2v) is 14.0. The maximum absolute atomic E-state index is 13.6. The van der Waals surface area contributed by atoms with E-state index in [0.29, 0.717) is 5.56 Å². The molecule has 6 aromatic carbocycles. The summed E-state index contributed by atoms with van der Waals surface area (Å²) in [4.78, 5) is 0.364. The van der Waals surface area contributed by atoms with Gasteiger partial charge < -0.3 is 8.97 Å². The molecule has 0 aliphatic rings. The zero-order valence-electron chi connectivity index (χ0n) is 25.7. The van der Waals surface area contributed by atoms with Crippen LogP contribution in [0, 0.1) is 18.3 Å². The lowest BCUT2D eigenvalue weighted by molar-refractivity contribution is 0.596. The monoisotopic (exact) mass is 625 g/mol. The highest BCUT2D eigenvalue weighted by Crippen LogP contribution is 2.45. The molecule has 0 N–H and O–H groups in total. The first kappa shape index (κ1) is 27.4. The van der Waals surface area contributed by atoms with E-state index in [0.717, 1.165) is 27.5 Å². The summed E-state index contributed by atoms with van der Waals surface area (Å²) < 4.78 is 31.9. The van der Waals surface area contributed by atoms with E-state index in [1.165, 1.54) is 73.2 Å². The van der Waals surface area contributed by atoms with Crippen molar-refractivity contribution in [3.05, 3.63) is 138 Å². The van der Waals surface area contributed by atoms with Gasteiger partial charge in [-0.25, -0.2) is 8.42 Å². The molecule has 9 aromatic rings. The van der Waals surface area contributed by atoms with Crippen molar-refractivity contribution in [2.75, 3.05) is 0 Å². The number of nitrogens with zero attached hydrogens (tertiary/aromatic N) is 3. The Bertz CT molecular complexity index is 2980. The third-order valence-corrected chi connectivity index (χ3v) is 11.5. The number of fused-ring (bicyclic) bond motifs is 8. The first-order valence-electron chi connectivity index (χ1n) is 15.5. The number of benzene rings is 6. The molecule has 5 nitrogen and oxygen atoms in total. The minimum absolute atomic E-state index is 0.160. The van der Waals surface area contributed by atoms with Crippen LogP contribution in [-0.2, 0) is 9.84 Å². The van der Waals surface area contributed by atoms with Gasteiger partial charge in [-0.15, -0.1) is 0 Å². The number of aromatic nitrogens is 2. The highest BCUT2D eigenvalue weighted by Gasteiger charge is 2.25. The minimum Gasteiger partial charge on any atom is -0.309 e. The van der Waals surface area contributed by atoms with Gasteiger partial charge in [0.2, 0.25) is 9.84 Å². The molecule has 0 spiro atoms. The fraction of sp³-hybridized carbons (Fsp3) is 0.0488. The van der Waals surface area contributed by atoms with Crippen molar-refractivity contribution in [1.82, 2.24) is 8.97 Å². The molecule has 3 heterocycles. The molecule has 0 aliphatic carbocycles. The van der Waals surface area contributed by atoms with Crippen molar-refractivity contribution in [1.29, 1.82) is 5.26 Å². The number of rotatable bonds is 3. The van der Waals surface area contributed by atoms with Crippen LogP contribution in [-0.4, -0.2) is 17.4 Å². The maximum Gasteiger partial charge on any atom is 0.206 e. The highest BCUT2D eigenvalue weighted by atomic mass is 32.2. The van der Waals surface area contributed by atoms with Crippen LogP contribution >= 0.6 is 0 Å². The molecule has 0 amide bonds. The van der Waals surface area contributed by atoms with E-state index in [9.17, 15) is 8.42 Å². The highest BCUT2D eigenvalue weighted by molar-refractivity contribution is 7.91. The van der Waals surface area contributed by atoms with Gasteiger partial charge in [0.1, 0.15) is 0 Å². The van der Waals surface area contributed by atoms with E-state index in [1.807, 2.05) is 18.2 Å². The summed E-state index contributed by atoms with van der Waals surface area (Å²) in [7, 11) is -3.77. The quantitative estimate of drug-likeness (QED) is 0.197. The van der Waals surface area contributed by atoms with Crippen LogP contribution in [0.3, 0.4) is 0 Å². The fourth-order valence-corrected chi connectivity index (χ4v) is 8.90. The number of sulfone groups is 1. The van der Waals surface area contributed by atoms with E-state index in [1.54, 1.807) is 12.1 Å². The predicted octanol–water partition coefficient (Wildman–Crippen LogP) is 9.03. The molecule has 6 heteroatoms.